The van der Waals surface area contributed by atoms with Gasteiger partial charge in [0.15, 0.2) is 17.5 Å². The molecule has 1 aromatic heterocycles. The summed E-state index contributed by atoms with van der Waals surface area (Å²) >= 11 is 3.20. The van der Waals surface area contributed by atoms with E-state index in [9.17, 15) is 8.78 Å². The van der Waals surface area contributed by atoms with Gasteiger partial charge in [0, 0.05) is 5.56 Å². The normalized spacial score (nSPS) is 10.6. The molecule has 2 rings (SSSR count). The molecule has 78 valence electrons. The van der Waals surface area contributed by atoms with Gasteiger partial charge in [-0.25, -0.2) is 8.78 Å². The number of aromatic nitrogens is 2. The first-order valence-electron chi connectivity index (χ1n) is 4.04. The molecule has 2 aromatic rings. The lowest BCUT2D eigenvalue weighted by atomic mass is 10.1. The van der Waals surface area contributed by atoms with Gasteiger partial charge < -0.3 is 5.73 Å². The molecule has 1 heterocycles. The second kappa shape index (κ2) is 3.62. The maximum absolute atomic E-state index is 12.9. The van der Waals surface area contributed by atoms with Gasteiger partial charge in [-0.15, -0.1) is 0 Å². The Morgan fingerprint density at radius 1 is 1.27 bits per heavy atom. The number of benzene rings is 1. The SMILES string of the molecule is Nc1n[nH]c(-c2ccc(F)c(F)c2)c1Br. The Hall–Kier alpha value is -1.43. The minimum absolute atomic E-state index is 0.273. The topological polar surface area (TPSA) is 54.7 Å². The quantitative estimate of drug-likeness (QED) is 0.840. The first-order chi connectivity index (χ1) is 7.09. The van der Waals surface area contributed by atoms with Gasteiger partial charge in [-0.05, 0) is 34.1 Å². The Kier molecular flexibility index (Phi) is 2.44. The molecule has 0 radical (unpaired) electrons. The molecule has 0 saturated carbocycles. The molecule has 0 unspecified atom stereocenters. The van der Waals surface area contributed by atoms with Gasteiger partial charge in [-0.2, -0.15) is 5.10 Å². The van der Waals surface area contributed by atoms with E-state index < -0.39 is 11.6 Å². The summed E-state index contributed by atoms with van der Waals surface area (Å²) in [6, 6.07) is 3.57. The first-order valence-corrected chi connectivity index (χ1v) is 4.83. The predicted molar refractivity (Wildman–Crippen MR) is 56.1 cm³/mol. The van der Waals surface area contributed by atoms with Crippen LogP contribution in [0, 0.1) is 11.6 Å². The van der Waals surface area contributed by atoms with Gasteiger partial charge in [0.2, 0.25) is 0 Å². The predicted octanol–water partition coefficient (Wildman–Crippen LogP) is 2.70. The minimum atomic E-state index is -0.910. The number of nitrogens with one attached hydrogen (secondary N) is 1. The van der Waals surface area contributed by atoms with Crippen LogP contribution in [0.1, 0.15) is 0 Å². The minimum Gasteiger partial charge on any atom is -0.381 e. The Labute approximate surface area is 92.4 Å². The van der Waals surface area contributed by atoms with Gasteiger partial charge in [-0.3, -0.25) is 5.10 Å². The van der Waals surface area contributed by atoms with Crippen molar-refractivity contribution in [2.24, 2.45) is 0 Å². The van der Waals surface area contributed by atoms with E-state index in [4.69, 9.17) is 5.73 Å². The highest BCUT2D eigenvalue weighted by atomic mass is 79.9. The number of nitrogens with zero attached hydrogens (tertiary/aromatic N) is 1. The second-order valence-electron chi connectivity index (χ2n) is 2.93. The fraction of sp³-hybridized carbons (Fsp3) is 0. The molecule has 6 heteroatoms. The average molecular weight is 274 g/mol. The van der Waals surface area contributed by atoms with Gasteiger partial charge in [0.1, 0.15) is 0 Å². The Morgan fingerprint density at radius 3 is 2.53 bits per heavy atom. The van der Waals surface area contributed by atoms with E-state index in [-0.39, 0.29) is 5.82 Å². The zero-order valence-corrected chi connectivity index (χ0v) is 8.98. The number of H-pyrrole nitrogens is 1. The van der Waals surface area contributed by atoms with E-state index in [1.54, 1.807) is 0 Å². The molecule has 0 atom stereocenters. The van der Waals surface area contributed by atoms with Crippen LogP contribution in [0.3, 0.4) is 0 Å². The van der Waals surface area contributed by atoms with Crippen molar-refractivity contribution in [1.29, 1.82) is 0 Å². The summed E-state index contributed by atoms with van der Waals surface area (Å²) < 4.78 is 26.2. The van der Waals surface area contributed by atoms with E-state index in [0.29, 0.717) is 15.7 Å². The van der Waals surface area contributed by atoms with Gasteiger partial charge >= 0.3 is 0 Å². The summed E-state index contributed by atoms with van der Waals surface area (Å²) in [6.45, 7) is 0. The summed E-state index contributed by atoms with van der Waals surface area (Å²) in [5.41, 5.74) is 6.49. The summed E-state index contributed by atoms with van der Waals surface area (Å²) in [7, 11) is 0. The Bertz CT molecular complexity index is 510. The maximum atomic E-state index is 12.9. The Balaban J connectivity index is 2.55. The lowest BCUT2D eigenvalue weighted by Crippen LogP contribution is -1.86. The number of nitrogens with two attached hydrogens (primary N) is 1. The second-order valence-corrected chi connectivity index (χ2v) is 3.72. The van der Waals surface area contributed by atoms with Crippen LogP contribution >= 0.6 is 15.9 Å². The molecule has 15 heavy (non-hydrogen) atoms. The molecule has 0 aliphatic heterocycles. The molecule has 0 amide bonds. The number of halogens is 3. The standard InChI is InChI=1S/C9H6BrF2N3/c10-7-8(14-15-9(7)13)4-1-2-5(11)6(12)3-4/h1-3H,(H3,13,14,15). The average Bonchev–Trinajstić information content (AvgIpc) is 2.53. The molecule has 0 aliphatic rings. The van der Waals surface area contributed by atoms with E-state index >= 15 is 0 Å². The fourth-order valence-electron chi connectivity index (χ4n) is 1.19. The molecule has 3 nitrogen and oxygen atoms in total. The molecule has 0 saturated heterocycles. The third-order valence-corrected chi connectivity index (χ3v) is 2.74. The van der Waals surface area contributed by atoms with Crippen LogP contribution in [-0.4, -0.2) is 10.2 Å². The summed E-state index contributed by atoms with van der Waals surface area (Å²) in [4.78, 5) is 0. The summed E-state index contributed by atoms with van der Waals surface area (Å²) in [6.07, 6.45) is 0. The smallest absolute Gasteiger partial charge is 0.160 e. The van der Waals surface area contributed by atoms with E-state index in [1.807, 2.05) is 0 Å². The summed E-state index contributed by atoms with van der Waals surface area (Å²) in [5.74, 6) is -1.52. The monoisotopic (exact) mass is 273 g/mol. The van der Waals surface area contributed by atoms with Crippen LogP contribution in [0.25, 0.3) is 11.3 Å². The molecule has 0 aliphatic carbocycles. The maximum Gasteiger partial charge on any atom is 0.160 e. The first kappa shape index (κ1) is 10.1. The molecule has 0 bridgehead atoms. The number of rotatable bonds is 1. The van der Waals surface area contributed by atoms with Gasteiger partial charge in [0.05, 0.1) is 10.2 Å². The van der Waals surface area contributed by atoms with E-state index in [1.165, 1.54) is 6.07 Å². The van der Waals surface area contributed by atoms with Crippen LogP contribution in [-0.2, 0) is 0 Å². The highest BCUT2D eigenvalue weighted by Gasteiger charge is 2.11. The Morgan fingerprint density at radius 2 is 2.00 bits per heavy atom. The van der Waals surface area contributed by atoms with Gasteiger partial charge in [0.25, 0.3) is 0 Å². The fourth-order valence-corrected chi connectivity index (χ4v) is 1.59. The van der Waals surface area contributed by atoms with Crippen molar-refractivity contribution in [2.75, 3.05) is 5.73 Å². The third kappa shape index (κ3) is 1.72. The largest absolute Gasteiger partial charge is 0.381 e. The van der Waals surface area contributed by atoms with E-state index in [2.05, 4.69) is 26.1 Å². The van der Waals surface area contributed by atoms with Crippen molar-refractivity contribution < 1.29 is 8.78 Å². The van der Waals surface area contributed by atoms with Crippen molar-refractivity contribution in [2.45, 2.75) is 0 Å². The van der Waals surface area contributed by atoms with Crippen molar-refractivity contribution in [3.8, 4) is 11.3 Å². The van der Waals surface area contributed by atoms with Crippen LogP contribution in [0.2, 0.25) is 0 Å². The van der Waals surface area contributed by atoms with Crippen molar-refractivity contribution in [1.82, 2.24) is 10.2 Å². The molecule has 3 N–H and O–H groups in total. The molecular weight excluding hydrogens is 268 g/mol. The number of anilines is 1. The van der Waals surface area contributed by atoms with Crippen molar-refractivity contribution >= 4 is 21.7 Å². The number of hydrogen-bond donors (Lipinski definition) is 2. The van der Waals surface area contributed by atoms with Crippen LogP contribution in [0.15, 0.2) is 22.7 Å². The van der Waals surface area contributed by atoms with Crippen molar-refractivity contribution in [3.05, 3.63) is 34.3 Å². The lowest BCUT2D eigenvalue weighted by molar-refractivity contribution is 0.509. The molecular formula is C9H6BrF2N3. The molecule has 1 aromatic carbocycles. The number of aromatic amines is 1. The molecule has 0 spiro atoms. The van der Waals surface area contributed by atoms with Crippen molar-refractivity contribution in [3.63, 3.8) is 0 Å². The molecule has 0 fully saturated rings. The highest BCUT2D eigenvalue weighted by Crippen LogP contribution is 2.30. The highest BCUT2D eigenvalue weighted by molar-refractivity contribution is 9.10. The van der Waals surface area contributed by atoms with E-state index in [0.717, 1.165) is 12.1 Å². The van der Waals surface area contributed by atoms with Crippen LogP contribution in [0.4, 0.5) is 14.6 Å². The zero-order chi connectivity index (χ0) is 11.0. The van der Waals surface area contributed by atoms with Gasteiger partial charge in [-0.1, -0.05) is 0 Å². The lowest BCUT2D eigenvalue weighted by Gasteiger charge is -1.99. The zero-order valence-electron chi connectivity index (χ0n) is 7.39. The summed E-state index contributed by atoms with van der Waals surface area (Å²) in [5, 5.41) is 6.36. The third-order valence-electron chi connectivity index (χ3n) is 1.94. The van der Waals surface area contributed by atoms with Crippen LogP contribution in [0.5, 0.6) is 0 Å². The number of nitrogen functional groups attached to an aromatic ring is 1. The van der Waals surface area contributed by atoms with Crippen LogP contribution < -0.4 is 5.73 Å². The number of hydrogen-bond acceptors (Lipinski definition) is 2.